The first-order chi connectivity index (χ1) is 11.2. The number of rotatable bonds is 4. The van der Waals surface area contributed by atoms with Gasteiger partial charge in [0.25, 0.3) is 0 Å². The van der Waals surface area contributed by atoms with Crippen molar-refractivity contribution in [3.05, 3.63) is 24.4 Å². The van der Waals surface area contributed by atoms with Crippen molar-refractivity contribution < 1.29 is 9.53 Å². The zero-order valence-electron chi connectivity index (χ0n) is 12.8. The maximum atomic E-state index is 11.7. The highest BCUT2D eigenvalue weighted by Gasteiger charge is 2.28. The highest BCUT2D eigenvalue weighted by molar-refractivity contribution is 5.68. The first-order valence-electron chi connectivity index (χ1n) is 7.49. The van der Waals surface area contributed by atoms with Crippen LogP contribution in [0.2, 0.25) is 0 Å². The van der Waals surface area contributed by atoms with E-state index in [9.17, 15) is 4.79 Å². The lowest BCUT2D eigenvalue weighted by atomic mass is 10.3. The fourth-order valence-electron chi connectivity index (χ4n) is 2.47. The molecule has 1 unspecified atom stereocenters. The molecular formula is C14H19N7O2. The number of likely N-dealkylation sites (tertiary alicyclic amines) is 1. The first kappa shape index (κ1) is 15.1. The molecule has 1 atom stereocenters. The van der Waals surface area contributed by atoms with E-state index in [1.165, 1.54) is 4.68 Å². The van der Waals surface area contributed by atoms with Crippen molar-refractivity contribution in [3.63, 3.8) is 0 Å². The summed E-state index contributed by atoms with van der Waals surface area (Å²) < 4.78 is 6.47. The molecule has 1 saturated heterocycles. The van der Waals surface area contributed by atoms with Crippen LogP contribution in [0.1, 0.15) is 13.3 Å². The molecule has 2 aromatic heterocycles. The molecule has 3 heterocycles. The Morgan fingerprint density at radius 3 is 3.13 bits per heavy atom. The molecule has 0 aromatic carbocycles. The fourth-order valence-corrected chi connectivity index (χ4v) is 2.47. The monoisotopic (exact) mass is 317 g/mol. The second kappa shape index (κ2) is 6.51. The van der Waals surface area contributed by atoms with Crippen LogP contribution in [0.15, 0.2) is 24.4 Å². The van der Waals surface area contributed by atoms with Crippen molar-refractivity contribution in [3.8, 4) is 5.82 Å². The highest BCUT2D eigenvalue weighted by atomic mass is 16.6. The van der Waals surface area contributed by atoms with E-state index < -0.39 is 0 Å². The maximum absolute atomic E-state index is 11.7. The number of hydrogen-bond donors (Lipinski definition) is 2. The Morgan fingerprint density at radius 2 is 2.39 bits per heavy atom. The molecule has 1 aliphatic rings. The standard InChI is InChI=1S/C14H19N7O2/c1-2-23-14(22)20-8-6-10(9-20)17-13-18-12(15)21(19-13)11-5-3-4-7-16-11/h3-5,7,10H,2,6,8-9H2,1H3,(H3,15,17,18,19). The van der Waals surface area contributed by atoms with Gasteiger partial charge < -0.3 is 20.7 Å². The van der Waals surface area contributed by atoms with E-state index in [-0.39, 0.29) is 18.1 Å². The predicted octanol–water partition coefficient (Wildman–Crippen LogP) is 0.887. The van der Waals surface area contributed by atoms with Gasteiger partial charge >= 0.3 is 6.09 Å². The number of nitrogen functional groups attached to an aromatic ring is 1. The number of nitrogens with one attached hydrogen (secondary N) is 1. The number of carbonyl (C=O) groups is 1. The van der Waals surface area contributed by atoms with Crippen molar-refractivity contribution in [1.82, 2.24) is 24.6 Å². The molecule has 23 heavy (non-hydrogen) atoms. The van der Waals surface area contributed by atoms with Crippen LogP contribution in [0.3, 0.4) is 0 Å². The minimum absolute atomic E-state index is 0.0680. The lowest BCUT2D eigenvalue weighted by molar-refractivity contribution is 0.115. The third-order valence-corrected chi connectivity index (χ3v) is 3.55. The number of aromatic nitrogens is 4. The average Bonchev–Trinajstić information content (AvgIpc) is 3.16. The third kappa shape index (κ3) is 3.33. The molecule has 1 amide bonds. The summed E-state index contributed by atoms with van der Waals surface area (Å²) in [6.45, 7) is 3.37. The van der Waals surface area contributed by atoms with Crippen LogP contribution in [0.25, 0.3) is 5.82 Å². The smallest absolute Gasteiger partial charge is 0.409 e. The molecule has 9 nitrogen and oxygen atoms in total. The summed E-state index contributed by atoms with van der Waals surface area (Å²) in [4.78, 5) is 21.8. The Balaban J connectivity index is 1.65. The van der Waals surface area contributed by atoms with Crippen molar-refractivity contribution in [2.24, 2.45) is 0 Å². The third-order valence-electron chi connectivity index (χ3n) is 3.55. The maximum Gasteiger partial charge on any atom is 0.409 e. The normalized spacial score (nSPS) is 17.3. The van der Waals surface area contributed by atoms with E-state index in [2.05, 4.69) is 20.4 Å². The summed E-state index contributed by atoms with van der Waals surface area (Å²) in [6, 6.07) is 5.54. The molecule has 122 valence electrons. The number of ether oxygens (including phenoxy) is 1. The Hall–Kier alpha value is -2.84. The van der Waals surface area contributed by atoms with Gasteiger partial charge in [-0.25, -0.2) is 9.78 Å². The van der Waals surface area contributed by atoms with Crippen molar-refractivity contribution >= 4 is 18.0 Å². The summed E-state index contributed by atoms with van der Waals surface area (Å²) in [5.41, 5.74) is 5.89. The molecule has 1 fully saturated rings. The van der Waals surface area contributed by atoms with Crippen LogP contribution in [-0.2, 0) is 4.74 Å². The summed E-state index contributed by atoms with van der Waals surface area (Å²) in [5.74, 6) is 1.28. The van der Waals surface area contributed by atoms with Gasteiger partial charge in [-0.1, -0.05) is 6.07 Å². The molecule has 9 heteroatoms. The van der Waals surface area contributed by atoms with Crippen molar-refractivity contribution in [2.75, 3.05) is 30.7 Å². The number of amides is 1. The number of anilines is 2. The van der Waals surface area contributed by atoms with E-state index in [1.54, 1.807) is 24.1 Å². The van der Waals surface area contributed by atoms with E-state index in [1.807, 2.05) is 12.1 Å². The lowest BCUT2D eigenvalue weighted by Crippen LogP contribution is -2.32. The number of nitrogens with zero attached hydrogens (tertiary/aromatic N) is 5. The number of pyridine rings is 1. The Kier molecular flexibility index (Phi) is 4.26. The van der Waals surface area contributed by atoms with Gasteiger partial charge in [0, 0.05) is 25.3 Å². The molecule has 2 aromatic rings. The lowest BCUT2D eigenvalue weighted by Gasteiger charge is -2.15. The number of nitrogens with two attached hydrogens (primary N) is 1. The second-order valence-electron chi connectivity index (χ2n) is 5.17. The van der Waals surface area contributed by atoms with Crippen LogP contribution in [-0.4, -0.2) is 56.5 Å². The van der Waals surface area contributed by atoms with Gasteiger partial charge in [0.2, 0.25) is 11.9 Å². The molecule has 0 spiro atoms. The zero-order chi connectivity index (χ0) is 16.2. The Labute approximate surface area is 133 Å². The van der Waals surface area contributed by atoms with Gasteiger partial charge in [0.05, 0.1) is 6.61 Å². The molecule has 3 rings (SSSR count). The van der Waals surface area contributed by atoms with Gasteiger partial charge in [-0.2, -0.15) is 9.67 Å². The molecule has 0 radical (unpaired) electrons. The molecule has 0 saturated carbocycles. The van der Waals surface area contributed by atoms with Crippen molar-refractivity contribution in [1.29, 1.82) is 0 Å². The fraction of sp³-hybridized carbons (Fsp3) is 0.429. The first-order valence-corrected chi connectivity index (χ1v) is 7.49. The van der Waals surface area contributed by atoms with Crippen LogP contribution < -0.4 is 11.1 Å². The van der Waals surface area contributed by atoms with Crippen LogP contribution in [0, 0.1) is 0 Å². The zero-order valence-corrected chi connectivity index (χ0v) is 12.8. The van der Waals surface area contributed by atoms with Gasteiger partial charge in [0.1, 0.15) is 0 Å². The van der Waals surface area contributed by atoms with Gasteiger partial charge in [-0.15, -0.1) is 5.10 Å². The van der Waals surface area contributed by atoms with Gasteiger partial charge in [-0.3, -0.25) is 0 Å². The van der Waals surface area contributed by atoms with Crippen LogP contribution in [0.4, 0.5) is 16.7 Å². The minimum atomic E-state index is -0.289. The quantitative estimate of drug-likeness (QED) is 0.861. The molecular weight excluding hydrogens is 298 g/mol. The van der Waals surface area contributed by atoms with Gasteiger partial charge in [-0.05, 0) is 25.5 Å². The van der Waals surface area contributed by atoms with E-state index in [4.69, 9.17) is 10.5 Å². The highest BCUT2D eigenvalue weighted by Crippen LogP contribution is 2.16. The number of hydrogen-bond acceptors (Lipinski definition) is 7. The Bertz CT molecular complexity index is 673. The van der Waals surface area contributed by atoms with Crippen molar-refractivity contribution in [2.45, 2.75) is 19.4 Å². The minimum Gasteiger partial charge on any atom is -0.450 e. The molecule has 0 bridgehead atoms. The number of carbonyl (C=O) groups excluding carboxylic acids is 1. The Morgan fingerprint density at radius 1 is 1.52 bits per heavy atom. The van der Waals surface area contributed by atoms with Crippen LogP contribution in [0.5, 0.6) is 0 Å². The summed E-state index contributed by atoms with van der Waals surface area (Å²) in [7, 11) is 0. The summed E-state index contributed by atoms with van der Waals surface area (Å²) in [6.07, 6.45) is 2.18. The summed E-state index contributed by atoms with van der Waals surface area (Å²) in [5, 5.41) is 7.52. The SMILES string of the molecule is CCOC(=O)N1CCC(Nc2nc(N)n(-c3ccccn3)n2)C1. The topological polar surface area (TPSA) is 111 Å². The van der Waals surface area contributed by atoms with Crippen LogP contribution >= 0.6 is 0 Å². The summed E-state index contributed by atoms with van der Waals surface area (Å²) >= 11 is 0. The largest absolute Gasteiger partial charge is 0.450 e. The van der Waals surface area contributed by atoms with Gasteiger partial charge in [0.15, 0.2) is 5.82 Å². The molecule has 1 aliphatic heterocycles. The molecule has 0 aliphatic carbocycles. The average molecular weight is 317 g/mol. The molecule has 3 N–H and O–H groups in total. The van der Waals surface area contributed by atoms with E-state index in [0.29, 0.717) is 31.5 Å². The predicted molar refractivity (Wildman–Crippen MR) is 84.2 cm³/mol. The van der Waals surface area contributed by atoms with E-state index in [0.717, 1.165) is 6.42 Å². The van der Waals surface area contributed by atoms with E-state index >= 15 is 0 Å². The second-order valence-corrected chi connectivity index (χ2v) is 5.17.